The molecule has 3 nitrogen and oxygen atoms in total. The molecule has 0 saturated carbocycles. The van der Waals surface area contributed by atoms with E-state index in [1.54, 1.807) is 12.1 Å². The molecular weight excluding hydrogens is 252 g/mol. The van der Waals surface area contributed by atoms with E-state index in [1.807, 2.05) is 37.3 Å². The average Bonchev–Trinajstić information content (AvgIpc) is 2.45. The van der Waals surface area contributed by atoms with Crippen LogP contribution < -0.4 is 9.47 Å². The van der Waals surface area contributed by atoms with Crippen LogP contribution in [0.4, 0.5) is 0 Å². The van der Waals surface area contributed by atoms with E-state index in [0.29, 0.717) is 12.4 Å². The van der Waals surface area contributed by atoms with Gasteiger partial charge in [-0.1, -0.05) is 13.3 Å². The van der Waals surface area contributed by atoms with E-state index >= 15 is 0 Å². The van der Waals surface area contributed by atoms with E-state index in [4.69, 9.17) is 9.47 Å². The van der Waals surface area contributed by atoms with Gasteiger partial charge in [0.25, 0.3) is 0 Å². The zero-order valence-corrected chi connectivity index (χ0v) is 11.9. The van der Waals surface area contributed by atoms with Crippen LogP contribution in [0.5, 0.6) is 23.0 Å². The smallest absolute Gasteiger partial charge is 0.127 e. The van der Waals surface area contributed by atoms with Crippen molar-refractivity contribution >= 4 is 0 Å². The zero-order chi connectivity index (χ0) is 14.4. The van der Waals surface area contributed by atoms with E-state index in [0.717, 1.165) is 35.7 Å². The first-order valence-corrected chi connectivity index (χ1v) is 6.95. The van der Waals surface area contributed by atoms with Gasteiger partial charge in [-0.3, -0.25) is 0 Å². The van der Waals surface area contributed by atoms with Crippen LogP contribution in [-0.2, 0) is 6.42 Å². The van der Waals surface area contributed by atoms with Crippen molar-refractivity contribution in [3.8, 4) is 23.0 Å². The van der Waals surface area contributed by atoms with Crippen LogP contribution in [-0.4, -0.2) is 11.7 Å². The van der Waals surface area contributed by atoms with Crippen molar-refractivity contribution in [2.75, 3.05) is 6.61 Å². The molecule has 0 spiro atoms. The van der Waals surface area contributed by atoms with Crippen LogP contribution in [0.15, 0.2) is 42.5 Å². The molecule has 2 aromatic rings. The number of ether oxygens (including phenoxy) is 2. The molecule has 0 fully saturated rings. The second-order valence-electron chi connectivity index (χ2n) is 4.55. The summed E-state index contributed by atoms with van der Waals surface area (Å²) in [5, 5.41) is 9.76. The quantitative estimate of drug-likeness (QED) is 0.839. The van der Waals surface area contributed by atoms with Crippen molar-refractivity contribution in [2.45, 2.75) is 26.7 Å². The number of hydrogen-bond acceptors (Lipinski definition) is 3. The number of rotatable bonds is 6. The minimum atomic E-state index is 0.325. The normalized spacial score (nSPS) is 10.3. The first-order chi connectivity index (χ1) is 9.72. The summed E-state index contributed by atoms with van der Waals surface area (Å²) >= 11 is 0. The van der Waals surface area contributed by atoms with Gasteiger partial charge in [0.2, 0.25) is 0 Å². The van der Waals surface area contributed by atoms with Crippen molar-refractivity contribution in [2.24, 2.45) is 0 Å². The summed E-state index contributed by atoms with van der Waals surface area (Å²) in [6, 6.07) is 12.8. The maximum atomic E-state index is 9.76. The topological polar surface area (TPSA) is 38.7 Å². The van der Waals surface area contributed by atoms with Gasteiger partial charge in [0.15, 0.2) is 0 Å². The van der Waals surface area contributed by atoms with Crippen molar-refractivity contribution in [3.05, 3.63) is 48.0 Å². The van der Waals surface area contributed by atoms with Crippen LogP contribution >= 0.6 is 0 Å². The molecule has 0 amide bonds. The van der Waals surface area contributed by atoms with Gasteiger partial charge >= 0.3 is 0 Å². The molecule has 106 valence electrons. The lowest BCUT2D eigenvalue weighted by atomic mass is 10.1. The Morgan fingerprint density at radius 3 is 2.20 bits per heavy atom. The minimum absolute atomic E-state index is 0.325. The number of benzene rings is 2. The van der Waals surface area contributed by atoms with Crippen molar-refractivity contribution in [1.82, 2.24) is 0 Å². The Morgan fingerprint density at radius 1 is 0.900 bits per heavy atom. The summed E-state index contributed by atoms with van der Waals surface area (Å²) in [5.41, 5.74) is 0.913. The largest absolute Gasteiger partial charge is 0.508 e. The first-order valence-electron chi connectivity index (χ1n) is 6.95. The monoisotopic (exact) mass is 272 g/mol. The molecule has 0 aliphatic heterocycles. The zero-order valence-electron chi connectivity index (χ0n) is 11.9. The summed E-state index contributed by atoms with van der Waals surface area (Å²) in [5.74, 6) is 2.64. The highest BCUT2D eigenvalue weighted by Crippen LogP contribution is 2.28. The molecular formula is C17H20O3. The van der Waals surface area contributed by atoms with E-state index < -0.39 is 0 Å². The Hall–Kier alpha value is -2.16. The fourth-order valence-corrected chi connectivity index (χ4v) is 2.00. The lowest BCUT2D eigenvalue weighted by molar-refractivity contribution is 0.339. The van der Waals surface area contributed by atoms with E-state index in [2.05, 4.69) is 6.92 Å². The fraction of sp³-hybridized carbons (Fsp3) is 0.294. The van der Waals surface area contributed by atoms with Crippen LogP contribution in [0.2, 0.25) is 0 Å². The molecule has 0 saturated heterocycles. The third-order valence-electron chi connectivity index (χ3n) is 2.94. The Morgan fingerprint density at radius 2 is 1.55 bits per heavy atom. The van der Waals surface area contributed by atoms with Gasteiger partial charge in [0.05, 0.1) is 6.61 Å². The molecule has 3 heteroatoms. The maximum Gasteiger partial charge on any atom is 0.127 e. The number of phenolic OH excluding ortho intramolecular Hbond substituents is 1. The standard InChI is InChI=1S/C17H20O3/c1-3-5-13-12-16(10-11-17(13)18)20-15-8-6-14(7-9-15)19-4-2/h6-12,18H,3-5H2,1-2H3. The van der Waals surface area contributed by atoms with Gasteiger partial charge in [-0.25, -0.2) is 0 Å². The van der Waals surface area contributed by atoms with Crippen molar-refractivity contribution < 1.29 is 14.6 Å². The van der Waals surface area contributed by atoms with Gasteiger partial charge in [-0.15, -0.1) is 0 Å². The number of hydrogen-bond donors (Lipinski definition) is 1. The van der Waals surface area contributed by atoms with E-state index in [9.17, 15) is 5.11 Å². The molecule has 0 atom stereocenters. The molecule has 0 aliphatic rings. The van der Waals surface area contributed by atoms with Crippen molar-refractivity contribution in [1.29, 1.82) is 0 Å². The molecule has 2 rings (SSSR count). The Balaban J connectivity index is 2.11. The molecule has 0 bridgehead atoms. The van der Waals surface area contributed by atoms with Crippen LogP contribution in [0, 0.1) is 0 Å². The SMILES string of the molecule is CCCc1cc(Oc2ccc(OCC)cc2)ccc1O. The predicted molar refractivity (Wildman–Crippen MR) is 79.8 cm³/mol. The molecule has 0 aromatic heterocycles. The summed E-state index contributed by atoms with van der Waals surface area (Å²) in [4.78, 5) is 0. The van der Waals surface area contributed by atoms with Gasteiger partial charge in [-0.05, 0) is 61.4 Å². The Bertz CT molecular complexity index is 547. The highest BCUT2D eigenvalue weighted by Gasteiger charge is 2.04. The van der Waals surface area contributed by atoms with Gasteiger partial charge in [-0.2, -0.15) is 0 Å². The number of aromatic hydroxyl groups is 1. The highest BCUT2D eigenvalue weighted by atomic mass is 16.5. The summed E-state index contributed by atoms with van der Waals surface area (Å²) < 4.78 is 11.2. The second kappa shape index (κ2) is 6.85. The third-order valence-corrected chi connectivity index (χ3v) is 2.94. The third kappa shape index (κ3) is 3.67. The Labute approximate surface area is 119 Å². The summed E-state index contributed by atoms with van der Waals surface area (Å²) in [7, 11) is 0. The molecule has 0 aliphatic carbocycles. The van der Waals surface area contributed by atoms with Crippen LogP contribution in [0.1, 0.15) is 25.8 Å². The minimum Gasteiger partial charge on any atom is -0.508 e. The fourth-order valence-electron chi connectivity index (χ4n) is 2.00. The average molecular weight is 272 g/mol. The van der Waals surface area contributed by atoms with Crippen LogP contribution in [0.3, 0.4) is 0 Å². The molecule has 1 N–H and O–H groups in total. The van der Waals surface area contributed by atoms with Gasteiger partial charge in [0.1, 0.15) is 23.0 Å². The number of aryl methyl sites for hydroxylation is 1. The molecule has 0 radical (unpaired) electrons. The lowest BCUT2D eigenvalue weighted by Crippen LogP contribution is -1.91. The maximum absolute atomic E-state index is 9.76. The van der Waals surface area contributed by atoms with E-state index in [-0.39, 0.29) is 0 Å². The Kier molecular flexibility index (Phi) is 4.88. The molecule has 0 heterocycles. The van der Waals surface area contributed by atoms with E-state index in [1.165, 1.54) is 0 Å². The second-order valence-corrected chi connectivity index (χ2v) is 4.55. The highest BCUT2D eigenvalue weighted by molar-refractivity contribution is 5.42. The predicted octanol–water partition coefficient (Wildman–Crippen LogP) is 4.54. The van der Waals surface area contributed by atoms with Crippen molar-refractivity contribution in [3.63, 3.8) is 0 Å². The lowest BCUT2D eigenvalue weighted by Gasteiger charge is -2.10. The summed E-state index contributed by atoms with van der Waals surface area (Å²) in [6.07, 6.45) is 1.83. The first kappa shape index (κ1) is 14.3. The molecule has 20 heavy (non-hydrogen) atoms. The number of phenols is 1. The molecule has 0 unspecified atom stereocenters. The van der Waals surface area contributed by atoms with Gasteiger partial charge in [0, 0.05) is 0 Å². The molecule has 2 aromatic carbocycles. The van der Waals surface area contributed by atoms with Gasteiger partial charge < -0.3 is 14.6 Å². The summed E-state index contributed by atoms with van der Waals surface area (Å²) in [6.45, 7) is 4.69. The van der Waals surface area contributed by atoms with Crippen LogP contribution in [0.25, 0.3) is 0 Å².